The Morgan fingerprint density at radius 1 is 1.58 bits per heavy atom. The lowest BCUT2D eigenvalue weighted by Crippen LogP contribution is -2.30. The molecule has 19 heavy (non-hydrogen) atoms. The summed E-state index contributed by atoms with van der Waals surface area (Å²) in [6.45, 7) is 2.60. The number of nitrogens with one attached hydrogen (secondary N) is 1. The van der Waals surface area contributed by atoms with Crippen LogP contribution in [0.2, 0.25) is 0 Å². The van der Waals surface area contributed by atoms with E-state index in [0.717, 1.165) is 0 Å². The number of hydrogen-bond acceptors (Lipinski definition) is 4. The van der Waals surface area contributed by atoms with Crippen LogP contribution in [0.25, 0.3) is 0 Å². The monoisotopic (exact) mass is 264 g/mol. The number of amides is 1. The standard InChI is InChI=1S/C13H16N2O4/c1-8-4-10(7-19-8)12(16)15-6-11-5-9(13(17)18)2-3-14-11/h2-3,5,8,10H,4,6-7H2,1H3,(H,15,16)(H,17,18). The minimum Gasteiger partial charge on any atom is -0.478 e. The van der Waals surface area contributed by atoms with Crippen molar-refractivity contribution in [2.75, 3.05) is 6.61 Å². The van der Waals surface area contributed by atoms with Gasteiger partial charge in [-0.3, -0.25) is 9.78 Å². The van der Waals surface area contributed by atoms with Crippen molar-refractivity contribution in [2.24, 2.45) is 5.92 Å². The number of ether oxygens (including phenoxy) is 1. The highest BCUT2D eigenvalue weighted by Crippen LogP contribution is 2.19. The van der Waals surface area contributed by atoms with Crippen molar-refractivity contribution in [2.45, 2.75) is 26.0 Å². The van der Waals surface area contributed by atoms with E-state index < -0.39 is 5.97 Å². The molecule has 1 saturated heterocycles. The van der Waals surface area contributed by atoms with Crippen LogP contribution >= 0.6 is 0 Å². The van der Waals surface area contributed by atoms with Crippen LogP contribution in [-0.4, -0.2) is 34.7 Å². The highest BCUT2D eigenvalue weighted by molar-refractivity contribution is 5.87. The van der Waals surface area contributed by atoms with Gasteiger partial charge in [-0.2, -0.15) is 0 Å². The number of carbonyl (C=O) groups is 2. The van der Waals surface area contributed by atoms with E-state index >= 15 is 0 Å². The Hall–Kier alpha value is -1.95. The first kappa shape index (κ1) is 13.5. The average Bonchev–Trinajstić information content (AvgIpc) is 2.83. The van der Waals surface area contributed by atoms with Gasteiger partial charge in [0.15, 0.2) is 0 Å². The predicted molar refractivity (Wildman–Crippen MR) is 66.6 cm³/mol. The molecule has 6 nitrogen and oxygen atoms in total. The number of aromatic carboxylic acids is 1. The van der Waals surface area contributed by atoms with E-state index in [0.29, 0.717) is 18.7 Å². The fourth-order valence-electron chi connectivity index (χ4n) is 2.03. The van der Waals surface area contributed by atoms with E-state index in [1.807, 2.05) is 6.92 Å². The van der Waals surface area contributed by atoms with Crippen molar-refractivity contribution in [3.8, 4) is 0 Å². The molecule has 0 radical (unpaired) electrons. The third-order valence-corrected chi connectivity index (χ3v) is 3.08. The van der Waals surface area contributed by atoms with Crippen LogP contribution in [0.4, 0.5) is 0 Å². The van der Waals surface area contributed by atoms with Gasteiger partial charge in [-0.1, -0.05) is 0 Å². The first-order chi connectivity index (χ1) is 9.06. The Morgan fingerprint density at radius 3 is 3.00 bits per heavy atom. The van der Waals surface area contributed by atoms with Gasteiger partial charge in [0.1, 0.15) is 0 Å². The van der Waals surface area contributed by atoms with Crippen LogP contribution in [0.3, 0.4) is 0 Å². The topological polar surface area (TPSA) is 88.5 Å². The molecule has 6 heteroatoms. The molecule has 2 N–H and O–H groups in total. The van der Waals surface area contributed by atoms with E-state index in [4.69, 9.17) is 9.84 Å². The Kier molecular flexibility index (Phi) is 4.11. The molecule has 0 aromatic carbocycles. The molecule has 102 valence electrons. The maximum absolute atomic E-state index is 11.8. The van der Waals surface area contributed by atoms with Gasteiger partial charge in [-0.25, -0.2) is 4.79 Å². The number of nitrogens with zero attached hydrogens (tertiary/aromatic N) is 1. The van der Waals surface area contributed by atoms with Crippen molar-refractivity contribution in [1.29, 1.82) is 0 Å². The first-order valence-corrected chi connectivity index (χ1v) is 6.14. The summed E-state index contributed by atoms with van der Waals surface area (Å²) in [4.78, 5) is 26.7. The van der Waals surface area contributed by atoms with Gasteiger partial charge < -0.3 is 15.2 Å². The number of carboxylic acid groups (broad SMARTS) is 1. The lowest BCUT2D eigenvalue weighted by atomic mass is 10.1. The van der Waals surface area contributed by atoms with Crippen LogP contribution in [0.15, 0.2) is 18.3 Å². The molecular formula is C13H16N2O4. The van der Waals surface area contributed by atoms with Gasteiger partial charge in [-0.15, -0.1) is 0 Å². The molecule has 1 fully saturated rings. The third-order valence-electron chi connectivity index (χ3n) is 3.08. The quantitative estimate of drug-likeness (QED) is 0.840. The number of aromatic nitrogens is 1. The van der Waals surface area contributed by atoms with Crippen LogP contribution in [0.5, 0.6) is 0 Å². The highest BCUT2D eigenvalue weighted by Gasteiger charge is 2.27. The van der Waals surface area contributed by atoms with Crippen molar-refractivity contribution in [3.05, 3.63) is 29.6 Å². The summed E-state index contributed by atoms with van der Waals surface area (Å²) in [5.41, 5.74) is 0.692. The Bertz CT molecular complexity index is 489. The zero-order valence-corrected chi connectivity index (χ0v) is 10.6. The zero-order chi connectivity index (χ0) is 13.8. The van der Waals surface area contributed by atoms with E-state index in [1.165, 1.54) is 18.3 Å². The minimum atomic E-state index is -1.01. The van der Waals surface area contributed by atoms with Crippen LogP contribution < -0.4 is 5.32 Å². The molecule has 1 aromatic rings. The predicted octanol–water partition coefficient (Wildman–Crippen LogP) is 0.821. The van der Waals surface area contributed by atoms with Crippen LogP contribution in [0, 0.1) is 5.92 Å². The number of pyridine rings is 1. The van der Waals surface area contributed by atoms with Crippen LogP contribution in [0.1, 0.15) is 29.4 Å². The summed E-state index contributed by atoms with van der Waals surface area (Å²) in [7, 11) is 0. The fraction of sp³-hybridized carbons (Fsp3) is 0.462. The van der Waals surface area contributed by atoms with Gasteiger partial charge in [0.05, 0.1) is 36.4 Å². The number of rotatable bonds is 4. The highest BCUT2D eigenvalue weighted by atomic mass is 16.5. The molecule has 1 aliphatic heterocycles. The number of carboxylic acids is 1. The summed E-state index contributed by atoms with van der Waals surface area (Å²) >= 11 is 0. The molecule has 2 rings (SSSR count). The molecule has 0 spiro atoms. The Balaban J connectivity index is 1.90. The molecule has 2 heterocycles. The minimum absolute atomic E-state index is 0.0770. The maximum Gasteiger partial charge on any atom is 0.335 e. The molecule has 2 unspecified atom stereocenters. The van der Waals surface area contributed by atoms with E-state index in [2.05, 4.69) is 10.3 Å². The second-order valence-corrected chi connectivity index (χ2v) is 4.64. The average molecular weight is 264 g/mol. The summed E-state index contributed by atoms with van der Waals surface area (Å²) < 4.78 is 5.33. The molecule has 0 aliphatic carbocycles. The van der Waals surface area contributed by atoms with Gasteiger partial charge in [0, 0.05) is 6.20 Å². The van der Waals surface area contributed by atoms with Crippen molar-refractivity contribution >= 4 is 11.9 Å². The second kappa shape index (κ2) is 5.79. The number of carbonyl (C=O) groups excluding carboxylic acids is 1. The van der Waals surface area contributed by atoms with Crippen LogP contribution in [-0.2, 0) is 16.1 Å². The summed E-state index contributed by atoms with van der Waals surface area (Å²) in [6.07, 6.45) is 2.25. The SMILES string of the molecule is CC1CC(C(=O)NCc2cc(C(=O)O)ccn2)CO1. The Morgan fingerprint density at radius 2 is 2.37 bits per heavy atom. The molecular weight excluding hydrogens is 248 g/mol. The number of hydrogen-bond donors (Lipinski definition) is 2. The molecule has 1 aromatic heterocycles. The van der Waals surface area contributed by atoms with Gasteiger partial charge in [-0.05, 0) is 25.5 Å². The smallest absolute Gasteiger partial charge is 0.335 e. The molecule has 1 amide bonds. The van der Waals surface area contributed by atoms with E-state index in [9.17, 15) is 9.59 Å². The van der Waals surface area contributed by atoms with E-state index in [-0.39, 0.29) is 30.0 Å². The lowest BCUT2D eigenvalue weighted by molar-refractivity contribution is -0.125. The maximum atomic E-state index is 11.8. The summed E-state index contributed by atoms with van der Waals surface area (Å²) in [6, 6.07) is 2.87. The normalized spacial score (nSPS) is 22.2. The summed E-state index contributed by atoms with van der Waals surface area (Å²) in [5.74, 6) is -1.21. The molecule has 0 saturated carbocycles. The lowest BCUT2D eigenvalue weighted by Gasteiger charge is -2.09. The fourth-order valence-corrected chi connectivity index (χ4v) is 2.03. The van der Waals surface area contributed by atoms with Gasteiger partial charge in [0.2, 0.25) is 5.91 Å². The van der Waals surface area contributed by atoms with Gasteiger partial charge >= 0.3 is 5.97 Å². The molecule has 0 bridgehead atoms. The van der Waals surface area contributed by atoms with Gasteiger partial charge in [0.25, 0.3) is 0 Å². The molecule has 1 aliphatic rings. The molecule has 2 atom stereocenters. The zero-order valence-electron chi connectivity index (χ0n) is 10.6. The van der Waals surface area contributed by atoms with Crippen molar-refractivity contribution < 1.29 is 19.4 Å². The largest absolute Gasteiger partial charge is 0.478 e. The second-order valence-electron chi connectivity index (χ2n) is 4.64. The van der Waals surface area contributed by atoms with Crippen molar-refractivity contribution in [1.82, 2.24) is 10.3 Å². The third kappa shape index (κ3) is 3.51. The Labute approximate surface area is 110 Å². The first-order valence-electron chi connectivity index (χ1n) is 6.14. The summed E-state index contributed by atoms with van der Waals surface area (Å²) in [5, 5.41) is 11.6. The van der Waals surface area contributed by atoms with Crippen molar-refractivity contribution in [3.63, 3.8) is 0 Å². The van der Waals surface area contributed by atoms with E-state index in [1.54, 1.807) is 0 Å².